The zero-order valence-electron chi connectivity index (χ0n) is 11.5. The minimum atomic E-state index is -1.11. The van der Waals surface area contributed by atoms with Gasteiger partial charge >= 0.3 is 5.97 Å². The molecule has 1 unspecified atom stereocenters. The van der Waals surface area contributed by atoms with Gasteiger partial charge in [0.25, 0.3) is 0 Å². The summed E-state index contributed by atoms with van der Waals surface area (Å²) in [6.07, 6.45) is 0.738. The Balaban J connectivity index is 2.09. The molecule has 0 radical (unpaired) electrons. The van der Waals surface area contributed by atoms with Gasteiger partial charge in [-0.2, -0.15) is 0 Å². The first-order valence-electron chi connectivity index (χ1n) is 6.67. The molecule has 21 heavy (non-hydrogen) atoms. The van der Waals surface area contributed by atoms with Crippen LogP contribution in [0.15, 0.2) is 24.3 Å². The highest BCUT2D eigenvalue weighted by atomic mass is 16.5. The first kappa shape index (κ1) is 13.4. The number of nitrogen functional groups attached to an aromatic ring is 1. The molecule has 3 rings (SSSR count). The van der Waals surface area contributed by atoms with Crippen LogP contribution in [0, 0.1) is 6.92 Å². The van der Waals surface area contributed by atoms with Crippen LogP contribution < -0.4 is 10.5 Å². The van der Waals surface area contributed by atoms with Crippen LogP contribution in [-0.2, 0) is 0 Å². The summed E-state index contributed by atoms with van der Waals surface area (Å²) in [7, 11) is 0. The molecule has 1 atom stereocenters. The van der Waals surface area contributed by atoms with Gasteiger partial charge in [-0.05, 0) is 19.4 Å². The van der Waals surface area contributed by atoms with Crippen LogP contribution in [-0.4, -0.2) is 27.7 Å². The fourth-order valence-corrected chi connectivity index (χ4v) is 2.65. The van der Waals surface area contributed by atoms with Gasteiger partial charge in [0.1, 0.15) is 23.0 Å². The van der Waals surface area contributed by atoms with Gasteiger partial charge in [-0.15, -0.1) is 0 Å². The van der Waals surface area contributed by atoms with E-state index in [2.05, 4.69) is 9.97 Å². The van der Waals surface area contributed by atoms with Crippen LogP contribution in [0.1, 0.15) is 39.8 Å². The summed E-state index contributed by atoms with van der Waals surface area (Å²) < 4.78 is 5.62. The van der Waals surface area contributed by atoms with Crippen molar-refractivity contribution in [1.29, 1.82) is 0 Å². The molecule has 0 aliphatic carbocycles. The number of rotatable bonds is 2. The van der Waals surface area contributed by atoms with Crippen molar-refractivity contribution in [1.82, 2.24) is 9.97 Å². The van der Waals surface area contributed by atoms with Crippen LogP contribution in [0.5, 0.6) is 5.75 Å². The molecule has 1 aromatic carbocycles. The highest BCUT2D eigenvalue weighted by Gasteiger charge is 2.27. The highest BCUT2D eigenvalue weighted by Crippen LogP contribution is 2.37. The third-order valence-corrected chi connectivity index (χ3v) is 3.62. The summed E-state index contributed by atoms with van der Waals surface area (Å²) in [6, 6.07) is 7.72. The maximum Gasteiger partial charge on any atom is 0.341 e. The predicted molar refractivity (Wildman–Crippen MR) is 76.5 cm³/mol. The van der Waals surface area contributed by atoms with Gasteiger partial charge in [-0.3, -0.25) is 0 Å². The topological polar surface area (TPSA) is 98.3 Å². The molecule has 3 N–H and O–H groups in total. The Hall–Kier alpha value is -2.63. The standard InChI is InChI=1S/C15H15N3O3/c1-8-12(15(19)20)13(16)18-14(17-8)10-6-7-21-11-5-3-2-4-9(10)11/h2-5,10H,6-7H2,1H3,(H,19,20)(H2,16,17,18). The molecule has 0 spiro atoms. The number of carboxylic acid groups (broad SMARTS) is 1. The van der Waals surface area contributed by atoms with E-state index < -0.39 is 5.97 Å². The van der Waals surface area contributed by atoms with Crippen LogP contribution in [0.25, 0.3) is 0 Å². The number of nitrogens with zero attached hydrogens (tertiary/aromatic N) is 2. The first-order valence-corrected chi connectivity index (χ1v) is 6.67. The smallest absolute Gasteiger partial charge is 0.341 e. The Kier molecular flexibility index (Phi) is 3.21. The summed E-state index contributed by atoms with van der Waals surface area (Å²) in [4.78, 5) is 19.7. The number of aromatic carboxylic acids is 1. The minimum Gasteiger partial charge on any atom is -0.493 e. The third kappa shape index (κ3) is 2.29. The quantitative estimate of drug-likeness (QED) is 0.875. The van der Waals surface area contributed by atoms with E-state index in [4.69, 9.17) is 15.6 Å². The molecule has 0 saturated carbocycles. The van der Waals surface area contributed by atoms with Crippen molar-refractivity contribution in [3.05, 3.63) is 46.9 Å². The SMILES string of the molecule is Cc1nc(C2CCOc3ccccc32)nc(N)c1C(=O)O. The van der Waals surface area contributed by atoms with E-state index in [0.717, 1.165) is 17.7 Å². The van der Waals surface area contributed by atoms with Gasteiger partial charge in [-0.1, -0.05) is 18.2 Å². The van der Waals surface area contributed by atoms with Gasteiger partial charge in [0, 0.05) is 5.56 Å². The molecule has 2 heterocycles. The zero-order chi connectivity index (χ0) is 15.0. The third-order valence-electron chi connectivity index (χ3n) is 3.62. The monoisotopic (exact) mass is 285 g/mol. The maximum absolute atomic E-state index is 11.1. The lowest BCUT2D eigenvalue weighted by molar-refractivity contribution is 0.0696. The van der Waals surface area contributed by atoms with E-state index in [-0.39, 0.29) is 17.3 Å². The number of aryl methyl sites for hydroxylation is 1. The van der Waals surface area contributed by atoms with E-state index in [9.17, 15) is 4.79 Å². The largest absolute Gasteiger partial charge is 0.493 e. The average Bonchev–Trinajstić information content (AvgIpc) is 2.45. The number of hydrogen-bond donors (Lipinski definition) is 2. The minimum absolute atomic E-state index is 0.00831. The van der Waals surface area contributed by atoms with Gasteiger partial charge in [0.2, 0.25) is 0 Å². The molecule has 6 nitrogen and oxygen atoms in total. The van der Waals surface area contributed by atoms with Crippen molar-refractivity contribution in [2.75, 3.05) is 12.3 Å². The molecular weight excluding hydrogens is 270 g/mol. The Labute approximate surface area is 121 Å². The molecular formula is C15H15N3O3. The second-order valence-corrected chi connectivity index (χ2v) is 4.96. The van der Waals surface area contributed by atoms with Crippen molar-refractivity contribution in [3.8, 4) is 5.75 Å². The zero-order valence-corrected chi connectivity index (χ0v) is 11.5. The molecule has 108 valence electrons. The predicted octanol–water partition coefficient (Wildman–Crippen LogP) is 1.98. The number of anilines is 1. The van der Waals surface area contributed by atoms with Gasteiger partial charge < -0.3 is 15.6 Å². The number of para-hydroxylation sites is 1. The Bertz CT molecular complexity index is 692. The number of carbonyl (C=O) groups is 1. The lowest BCUT2D eigenvalue weighted by Gasteiger charge is -2.25. The molecule has 0 fully saturated rings. The van der Waals surface area contributed by atoms with Crippen molar-refractivity contribution >= 4 is 11.8 Å². The second kappa shape index (κ2) is 5.05. The van der Waals surface area contributed by atoms with E-state index in [1.54, 1.807) is 6.92 Å². The summed E-state index contributed by atoms with van der Waals surface area (Å²) in [5.41, 5.74) is 7.15. The number of hydrogen-bond acceptors (Lipinski definition) is 5. The number of benzene rings is 1. The lowest BCUT2D eigenvalue weighted by Crippen LogP contribution is -2.19. The molecule has 1 aromatic heterocycles. The van der Waals surface area contributed by atoms with E-state index >= 15 is 0 Å². The normalized spacial score (nSPS) is 16.9. The van der Waals surface area contributed by atoms with Gasteiger partial charge in [0.15, 0.2) is 0 Å². The summed E-state index contributed by atoms with van der Waals surface area (Å²) in [6.45, 7) is 2.21. The Morgan fingerprint density at radius 2 is 2.14 bits per heavy atom. The number of nitrogens with two attached hydrogens (primary N) is 1. The highest BCUT2D eigenvalue weighted by molar-refractivity contribution is 5.93. The molecule has 0 bridgehead atoms. The first-order chi connectivity index (χ1) is 10.1. The van der Waals surface area contributed by atoms with E-state index in [1.807, 2.05) is 24.3 Å². The summed E-state index contributed by atoms with van der Waals surface area (Å²) in [5.74, 6) is 0.235. The molecule has 0 saturated heterocycles. The van der Waals surface area contributed by atoms with Crippen LogP contribution >= 0.6 is 0 Å². The number of fused-ring (bicyclic) bond motifs is 1. The van der Waals surface area contributed by atoms with E-state index in [1.165, 1.54) is 0 Å². The summed E-state index contributed by atoms with van der Waals surface area (Å²) >= 11 is 0. The van der Waals surface area contributed by atoms with Crippen molar-refractivity contribution in [3.63, 3.8) is 0 Å². The number of carboxylic acids is 1. The van der Waals surface area contributed by atoms with Crippen LogP contribution in [0.3, 0.4) is 0 Å². The van der Waals surface area contributed by atoms with Crippen LogP contribution in [0.2, 0.25) is 0 Å². The van der Waals surface area contributed by atoms with Gasteiger partial charge in [-0.25, -0.2) is 14.8 Å². The fraction of sp³-hybridized carbons (Fsp3) is 0.267. The average molecular weight is 285 g/mol. The fourth-order valence-electron chi connectivity index (χ4n) is 2.65. The van der Waals surface area contributed by atoms with Gasteiger partial charge in [0.05, 0.1) is 18.2 Å². The van der Waals surface area contributed by atoms with E-state index in [0.29, 0.717) is 18.1 Å². The molecule has 2 aromatic rings. The number of aromatic nitrogens is 2. The maximum atomic E-state index is 11.1. The van der Waals surface area contributed by atoms with Crippen molar-refractivity contribution in [2.24, 2.45) is 0 Å². The summed E-state index contributed by atoms with van der Waals surface area (Å²) in [5, 5.41) is 9.13. The Morgan fingerprint density at radius 1 is 1.38 bits per heavy atom. The molecule has 1 aliphatic heterocycles. The molecule has 0 amide bonds. The number of ether oxygens (including phenoxy) is 1. The lowest BCUT2D eigenvalue weighted by atomic mass is 9.92. The van der Waals surface area contributed by atoms with Crippen molar-refractivity contribution < 1.29 is 14.6 Å². The van der Waals surface area contributed by atoms with Crippen molar-refractivity contribution in [2.45, 2.75) is 19.3 Å². The molecule has 6 heteroatoms. The second-order valence-electron chi connectivity index (χ2n) is 4.96. The molecule has 1 aliphatic rings. The Morgan fingerprint density at radius 3 is 2.86 bits per heavy atom. The van der Waals surface area contributed by atoms with Crippen LogP contribution in [0.4, 0.5) is 5.82 Å².